The van der Waals surface area contributed by atoms with Gasteiger partial charge in [-0.1, -0.05) is 58.4 Å². The Hall–Kier alpha value is -1.34. The highest BCUT2D eigenvalue weighted by Crippen LogP contribution is 2.18. The predicted octanol–water partition coefficient (Wildman–Crippen LogP) is 5.24. The monoisotopic (exact) mass is 286 g/mol. The number of rotatable bonds is 2. The molecule has 86 valence electrons. The first kappa shape index (κ1) is 12.1. The molecule has 0 heterocycles. The Balaban J connectivity index is 2.32. The van der Waals surface area contributed by atoms with E-state index < -0.39 is 0 Å². The first-order chi connectivity index (χ1) is 8.16. The minimum Gasteiger partial charge on any atom is -0.0617 e. The molecule has 2 aromatic carbocycles. The van der Waals surface area contributed by atoms with Gasteiger partial charge in [0.1, 0.15) is 0 Å². The maximum atomic E-state index is 3.48. The van der Waals surface area contributed by atoms with Gasteiger partial charge in [0, 0.05) is 4.47 Å². The van der Waals surface area contributed by atoms with E-state index in [0.717, 1.165) is 4.47 Å². The fourth-order valence-corrected chi connectivity index (χ4v) is 2.30. The zero-order chi connectivity index (χ0) is 12.3. The van der Waals surface area contributed by atoms with Crippen molar-refractivity contribution in [2.75, 3.05) is 0 Å². The molecule has 1 heteroatoms. The van der Waals surface area contributed by atoms with Gasteiger partial charge in [0.15, 0.2) is 0 Å². The van der Waals surface area contributed by atoms with E-state index in [9.17, 15) is 0 Å². The summed E-state index contributed by atoms with van der Waals surface area (Å²) in [6, 6.07) is 14.7. The van der Waals surface area contributed by atoms with Gasteiger partial charge in [-0.05, 0) is 48.2 Å². The topological polar surface area (TPSA) is 0 Å². The highest BCUT2D eigenvalue weighted by Gasteiger charge is 1.97. The van der Waals surface area contributed by atoms with Crippen molar-refractivity contribution in [3.8, 4) is 0 Å². The molecular weight excluding hydrogens is 272 g/mol. The Morgan fingerprint density at radius 3 is 2.18 bits per heavy atom. The molecule has 17 heavy (non-hydrogen) atoms. The number of hydrogen-bond donors (Lipinski definition) is 0. The molecule has 0 saturated carbocycles. The minimum atomic E-state index is 1.11. The van der Waals surface area contributed by atoms with Crippen molar-refractivity contribution >= 4 is 28.1 Å². The van der Waals surface area contributed by atoms with Crippen LogP contribution in [-0.4, -0.2) is 0 Å². The summed E-state index contributed by atoms with van der Waals surface area (Å²) in [5.74, 6) is 0. The molecule has 0 aliphatic heterocycles. The average Bonchev–Trinajstić information content (AvgIpc) is 2.28. The van der Waals surface area contributed by atoms with Gasteiger partial charge < -0.3 is 0 Å². The molecule has 0 radical (unpaired) electrons. The van der Waals surface area contributed by atoms with Crippen LogP contribution in [0.2, 0.25) is 0 Å². The van der Waals surface area contributed by atoms with Crippen molar-refractivity contribution in [2.24, 2.45) is 0 Å². The Morgan fingerprint density at radius 2 is 1.53 bits per heavy atom. The van der Waals surface area contributed by atoms with E-state index in [0.29, 0.717) is 0 Å². The van der Waals surface area contributed by atoms with E-state index in [-0.39, 0.29) is 0 Å². The summed E-state index contributed by atoms with van der Waals surface area (Å²) in [5, 5.41) is 0. The number of hydrogen-bond acceptors (Lipinski definition) is 0. The lowest BCUT2D eigenvalue weighted by molar-refractivity contribution is 1.36. The quantitative estimate of drug-likeness (QED) is 0.663. The standard InChI is InChI=1S/C16H15Br/c1-12-5-3-6-13(2)16(12)10-9-14-7-4-8-15(17)11-14/h3-11H,1-2H3/b10-9+. The van der Waals surface area contributed by atoms with Gasteiger partial charge in [-0.2, -0.15) is 0 Å². The fraction of sp³-hybridized carbons (Fsp3) is 0.125. The van der Waals surface area contributed by atoms with Crippen LogP contribution in [-0.2, 0) is 0 Å². The van der Waals surface area contributed by atoms with Gasteiger partial charge in [-0.25, -0.2) is 0 Å². The Labute approximate surface area is 111 Å². The highest BCUT2D eigenvalue weighted by molar-refractivity contribution is 9.10. The third kappa shape index (κ3) is 3.07. The van der Waals surface area contributed by atoms with E-state index in [1.54, 1.807) is 0 Å². The van der Waals surface area contributed by atoms with Crippen LogP contribution in [0.4, 0.5) is 0 Å². The lowest BCUT2D eigenvalue weighted by atomic mass is 10.0. The maximum Gasteiger partial charge on any atom is 0.0181 e. The van der Waals surface area contributed by atoms with Crippen LogP contribution < -0.4 is 0 Å². The van der Waals surface area contributed by atoms with E-state index in [1.807, 2.05) is 6.07 Å². The van der Waals surface area contributed by atoms with Gasteiger partial charge in [-0.15, -0.1) is 0 Å². The summed E-state index contributed by atoms with van der Waals surface area (Å²) >= 11 is 3.48. The van der Waals surface area contributed by atoms with Gasteiger partial charge >= 0.3 is 0 Å². The molecule has 0 spiro atoms. The van der Waals surface area contributed by atoms with Crippen LogP contribution >= 0.6 is 15.9 Å². The fourth-order valence-electron chi connectivity index (χ4n) is 1.88. The summed E-state index contributed by atoms with van der Waals surface area (Å²) in [6.45, 7) is 4.29. The lowest BCUT2D eigenvalue weighted by Gasteiger charge is -2.04. The SMILES string of the molecule is Cc1cccc(C)c1/C=C/c1cccc(Br)c1. The molecule has 0 bridgehead atoms. The third-order valence-electron chi connectivity index (χ3n) is 2.83. The molecule has 0 saturated heterocycles. The molecule has 0 aromatic heterocycles. The van der Waals surface area contributed by atoms with Crippen molar-refractivity contribution < 1.29 is 0 Å². The summed E-state index contributed by atoms with van der Waals surface area (Å²) in [7, 11) is 0. The first-order valence-electron chi connectivity index (χ1n) is 5.67. The van der Waals surface area contributed by atoms with Crippen LogP contribution in [0.1, 0.15) is 22.3 Å². The number of halogens is 1. The molecule has 0 aliphatic carbocycles. The van der Waals surface area contributed by atoms with Gasteiger partial charge in [-0.3, -0.25) is 0 Å². The summed E-state index contributed by atoms with van der Waals surface area (Å²) in [4.78, 5) is 0. The Kier molecular flexibility index (Phi) is 3.80. The summed E-state index contributed by atoms with van der Waals surface area (Å²) < 4.78 is 1.11. The zero-order valence-electron chi connectivity index (χ0n) is 10.1. The number of benzene rings is 2. The molecule has 0 nitrogen and oxygen atoms in total. The van der Waals surface area contributed by atoms with Crippen molar-refractivity contribution in [3.05, 3.63) is 69.2 Å². The average molecular weight is 287 g/mol. The molecule has 0 fully saturated rings. The minimum absolute atomic E-state index is 1.11. The molecule has 0 unspecified atom stereocenters. The van der Waals surface area contributed by atoms with E-state index in [4.69, 9.17) is 0 Å². The zero-order valence-corrected chi connectivity index (χ0v) is 11.7. The van der Waals surface area contributed by atoms with E-state index >= 15 is 0 Å². The van der Waals surface area contributed by atoms with E-state index in [2.05, 4.69) is 78.3 Å². The van der Waals surface area contributed by atoms with Gasteiger partial charge in [0.05, 0.1) is 0 Å². The van der Waals surface area contributed by atoms with Crippen LogP contribution in [0.25, 0.3) is 12.2 Å². The van der Waals surface area contributed by atoms with E-state index in [1.165, 1.54) is 22.3 Å². The summed E-state index contributed by atoms with van der Waals surface area (Å²) in [6.07, 6.45) is 4.34. The lowest BCUT2D eigenvalue weighted by Crippen LogP contribution is -1.84. The molecule has 0 atom stereocenters. The Morgan fingerprint density at radius 1 is 0.882 bits per heavy atom. The Bertz CT molecular complexity index is 533. The molecular formula is C16H15Br. The van der Waals surface area contributed by atoms with Gasteiger partial charge in [0.2, 0.25) is 0 Å². The second-order valence-electron chi connectivity index (χ2n) is 4.19. The van der Waals surface area contributed by atoms with Crippen LogP contribution in [0, 0.1) is 13.8 Å². The second-order valence-corrected chi connectivity index (χ2v) is 5.11. The molecule has 0 amide bonds. The largest absolute Gasteiger partial charge is 0.0617 e. The van der Waals surface area contributed by atoms with Crippen LogP contribution in [0.3, 0.4) is 0 Å². The second kappa shape index (κ2) is 5.33. The van der Waals surface area contributed by atoms with Crippen LogP contribution in [0.15, 0.2) is 46.9 Å². The first-order valence-corrected chi connectivity index (χ1v) is 6.46. The van der Waals surface area contributed by atoms with Crippen molar-refractivity contribution in [1.82, 2.24) is 0 Å². The molecule has 0 N–H and O–H groups in total. The van der Waals surface area contributed by atoms with Crippen molar-refractivity contribution in [1.29, 1.82) is 0 Å². The summed E-state index contributed by atoms with van der Waals surface area (Å²) in [5.41, 5.74) is 5.15. The van der Waals surface area contributed by atoms with Crippen molar-refractivity contribution in [3.63, 3.8) is 0 Å². The third-order valence-corrected chi connectivity index (χ3v) is 3.33. The molecule has 2 aromatic rings. The molecule has 0 aliphatic rings. The number of aryl methyl sites for hydroxylation is 2. The van der Waals surface area contributed by atoms with Gasteiger partial charge in [0.25, 0.3) is 0 Å². The maximum absolute atomic E-state index is 3.48. The smallest absolute Gasteiger partial charge is 0.0181 e. The molecule has 2 rings (SSSR count). The highest BCUT2D eigenvalue weighted by atomic mass is 79.9. The normalized spacial score (nSPS) is 11.0. The van der Waals surface area contributed by atoms with Crippen molar-refractivity contribution in [2.45, 2.75) is 13.8 Å². The predicted molar refractivity (Wildman–Crippen MR) is 79.0 cm³/mol. The van der Waals surface area contributed by atoms with Crippen LogP contribution in [0.5, 0.6) is 0 Å².